The van der Waals surface area contributed by atoms with Crippen LogP contribution < -0.4 is 0 Å². The van der Waals surface area contributed by atoms with Gasteiger partial charge in [0.25, 0.3) is 5.91 Å². The second-order valence-electron chi connectivity index (χ2n) is 4.14. The van der Waals surface area contributed by atoms with Crippen molar-refractivity contribution in [3.8, 4) is 0 Å². The first-order valence-corrected chi connectivity index (χ1v) is 7.01. The average molecular weight is 319 g/mol. The van der Waals surface area contributed by atoms with Crippen LogP contribution in [0.3, 0.4) is 0 Å². The van der Waals surface area contributed by atoms with Crippen LogP contribution in [-0.2, 0) is 0 Å². The van der Waals surface area contributed by atoms with Crippen molar-refractivity contribution in [2.75, 3.05) is 12.4 Å². The van der Waals surface area contributed by atoms with E-state index in [-0.39, 0.29) is 11.9 Å². The molecule has 0 bridgehead atoms. The number of alkyl halides is 1. The van der Waals surface area contributed by atoms with Gasteiger partial charge in [-0.05, 0) is 44.5 Å². The van der Waals surface area contributed by atoms with E-state index >= 15 is 0 Å². The standard InChI is InChI=1S/C13H17BrClNO/c1-10(2)16(9-3-8-15)13(17)11-4-6-12(14)7-5-11/h4-7,10H,3,8-9H2,1-2H3. The van der Waals surface area contributed by atoms with Gasteiger partial charge >= 0.3 is 0 Å². The van der Waals surface area contributed by atoms with Gasteiger partial charge in [0.15, 0.2) is 0 Å². The van der Waals surface area contributed by atoms with Crippen molar-refractivity contribution in [2.45, 2.75) is 26.3 Å². The number of carbonyl (C=O) groups excluding carboxylic acids is 1. The third-order valence-corrected chi connectivity index (χ3v) is 3.30. The SMILES string of the molecule is CC(C)N(CCCCl)C(=O)c1ccc(Br)cc1. The smallest absolute Gasteiger partial charge is 0.254 e. The van der Waals surface area contributed by atoms with E-state index < -0.39 is 0 Å². The molecule has 0 atom stereocenters. The van der Waals surface area contributed by atoms with E-state index in [1.54, 1.807) is 0 Å². The number of hydrogen-bond donors (Lipinski definition) is 0. The van der Waals surface area contributed by atoms with Crippen LogP contribution in [0.2, 0.25) is 0 Å². The van der Waals surface area contributed by atoms with Crippen molar-refractivity contribution in [2.24, 2.45) is 0 Å². The Morgan fingerprint density at radius 3 is 2.41 bits per heavy atom. The molecule has 0 fully saturated rings. The van der Waals surface area contributed by atoms with Crippen molar-refractivity contribution >= 4 is 33.4 Å². The lowest BCUT2D eigenvalue weighted by Crippen LogP contribution is -2.37. The predicted molar refractivity (Wildman–Crippen MR) is 75.7 cm³/mol. The van der Waals surface area contributed by atoms with Crippen LogP contribution in [0, 0.1) is 0 Å². The van der Waals surface area contributed by atoms with Gasteiger partial charge in [-0.25, -0.2) is 0 Å². The molecule has 0 aliphatic carbocycles. The summed E-state index contributed by atoms with van der Waals surface area (Å²) < 4.78 is 0.978. The second kappa shape index (κ2) is 7.02. The minimum absolute atomic E-state index is 0.0672. The number of benzene rings is 1. The fourth-order valence-electron chi connectivity index (χ4n) is 1.58. The number of amides is 1. The summed E-state index contributed by atoms with van der Waals surface area (Å²) in [5, 5.41) is 0. The van der Waals surface area contributed by atoms with Crippen LogP contribution in [0.25, 0.3) is 0 Å². The van der Waals surface area contributed by atoms with Gasteiger partial charge in [0.2, 0.25) is 0 Å². The molecule has 0 saturated carbocycles. The van der Waals surface area contributed by atoms with Crippen LogP contribution in [0.5, 0.6) is 0 Å². The summed E-state index contributed by atoms with van der Waals surface area (Å²) >= 11 is 9.04. The van der Waals surface area contributed by atoms with Gasteiger partial charge in [-0.2, -0.15) is 0 Å². The molecule has 17 heavy (non-hydrogen) atoms. The Kier molecular flexibility index (Phi) is 6.00. The van der Waals surface area contributed by atoms with Crippen LogP contribution >= 0.6 is 27.5 Å². The highest BCUT2D eigenvalue weighted by Gasteiger charge is 2.17. The molecule has 0 unspecified atom stereocenters. The van der Waals surface area contributed by atoms with Crippen LogP contribution in [0.1, 0.15) is 30.6 Å². The molecule has 1 aromatic carbocycles. The number of halogens is 2. The van der Waals surface area contributed by atoms with Crippen LogP contribution in [0.15, 0.2) is 28.7 Å². The fraction of sp³-hybridized carbons (Fsp3) is 0.462. The number of nitrogens with zero attached hydrogens (tertiary/aromatic N) is 1. The number of carbonyl (C=O) groups is 1. The lowest BCUT2D eigenvalue weighted by Gasteiger charge is -2.26. The zero-order chi connectivity index (χ0) is 12.8. The maximum atomic E-state index is 12.3. The van der Waals surface area contributed by atoms with Crippen molar-refractivity contribution in [1.82, 2.24) is 4.90 Å². The van der Waals surface area contributed by atoms with E-state index in [1.165, 1.54) is 0 Å². The third kappa shape index (κ3) is 4.32. The van der Waals surface area contributed by atoms with E-state index in [2.05, 4.69) is 15.9 Å². The molecule has 2 nitrogen and oxygen atoms in total. The highest BCUT2D eigenvalue weighted by atomic mass is 79.9. The lowest BCUT2D eigenvalue weighted by atomic mass is 10.1. The summed E-state index contributed by atoms with van der Waals surface area (Å²) in [7, 11) is 0. The zero-order valence-corrected chi connectivity index (χ0v) is 12.5. The minimum Gasteiger partial charge on any atom is -0.336 e. The first-order chi connectivity index (χ1) is 8.06. The van der Waals surface area contributed by atoms with E-state index in [1.807, 2.05) is 43.0 Å². The molecule has 1 rings (SSSR count). The summed E-state index contributed by atoms with van der Waals surface area (Å²) in [6.45, 7) is 4.74. The van der Waals surface area contributed by atoms with Gasteiger partial charge in [-0.3, -0.25) is 4.79 Å². The zero-order valence-electron chi connectivity index (χ0n) is 10.1. The highest BCUT2D eigenvalue weighted by molar-refractivity contribution is 9.10. The summed E-state index contributed by atoms with van der Waals surface area (Å²) in [5.74, 6) is 0.647. The fourth-order valence-corrected chi connectivity index (χ4v) is 1.97. The lowest BCUT2D eigenvalue weighted by molar-refractivity contribution is 0.0706. The summed E-state index contributed by atoms with van der Waals surface area (Å²) in [6, 6.07) is 7.63. The Hall–Kier alpha value is -0.540. The maximum absolute atomic E-state index is 12.3. The van der Waals surface area contributed by atoms with Gasteiger partial charge < -0.3 is 4.90 Å². The normalized spacial score (nSPS) is 10.6. The van der Waals surface area contributed by atoms with E-state index in [4.69, 9.17) is 11.6 Å². The summed E-state index contributed by atoms with van der Waals surface area (Å²) in [5.41, 5.74) is 0.719. The molecule has 0 aliphatic heterocycles. The topological polar surface area (TPSA) is 20.3 Å². The van der Waals surface area contributed by atoms with Crippen molar-refractivity contribution in [3.05, 3.63) is 34.3 Å². The molecule has 0 N–H and O–H groups in total. The van der Waals surface area contributed by atoms with Crippen LogP contribution in [0.4, 0.5) is 0 Å². The van der Waals surface area contributed by atoms with Crippen molar-refractivity contribution in [3.63, 3.8) is 0 Å². The number of hydrogen-bond acceptors (Lipinski definition) is 1. The molecule has 1 amide bonds. The van der Waals surface area contributed by atoms with Gasteiger partial charge in [0, 0.05) is 28.5 Å². The molecule has 0 radical (unpaired) electrons. The van der Waals surface area contributed by atoms with Crippen molar-refractivity contribution in [1.29, 1.82) is 0 Å². The Morgan fingerprint density at radius 2 is 1.94 bits per heavy atom. The number of rotatable bonds is 5. The second-order valence-corrected chi connectivity index (χ2v) is 5.44. The molecule has 0 aliphatic rings. The van der Waals surface area contributed by atoms with E-state index in [0.717, 1.165) is 16.5 Å². The third-order valence-electron chi connectivity index (χ3n) is 2.51. The molecule has 0 saturated heterocycles. The van der Waals surface area contributed by atoms with Crippen molar-refractivity contribution < 1.29 is 4.79 Å². The molecule has 94 valence electrons. The summed E-state index contributed by atoms with van der Waals surface area (Å²) in [6.07, 6.45) is 0.821. The molecule has 0 heterocycles. The maximum Gasteiger partial charge on any atom is 0.254 e. The molecule has 1 aromatic rings. The molecule has 0 aromatic heterocycles. The van der Waals surface area contributed by atoms with E-state index in [9.17, 15) is 4.79 Å². The monoisotopic (exact) mass is 317 g/mol. The van der Waals surface area contributed by atoms with E-state index in [0.29, 0.717) is 12.4 Å². The van der Waals surface area contributed by atoms with Gasteiger partial charge in [0.05, 0.1) is 0 Å². The highest BCUT2D eigenvalue weighted by Crippen LogP contribution is 2.14. The first-order valence-electron chi connectivity index (χ1n) is 5.68. The Balaban J connectivity index is 2.80. The summed E-state index contributed by atoms with van der Waals surface area (Å²) in [4.78, 5) is 14.1. The predicted octanol–water partition coefficient (Wildman–Crippen LogP) is 3.93. The molecule has 4 heteroatoms. The largest absolute Gasteiger partial charge is 0.336 e. The first kappa shape index (κ1) is 14.5. The van der Waals surface area contributed by atoms with Crippen LogP contribution in [-0.4, -0.2) is 29.3 Å². The molecular formula is C13H17BrClNO. The minimum atomic E-state index is 0.0672. The van der Waals surface area contributed by atoms with Gasteiger partial charge in [-0.1, -0.05) is 15.9 Å². The van der Waals surface area contributed by atoms with Gasteiger partial charge in [-0.15, -0.1) is 11.6 Å². The Bertz CT molecular complexity index is 364. The Labute approximate surface area is 116 Å². The quantitative estimate of drug-likeness (QED) is 0.753. The van der Waals surface area contributed by atoms with Gasteiger partial charge in [0.1, 0.15) is 0 Å². The Morgan fingerprint density at radius 1 is 1.35 bits per heavy atom. The average Bonchev–Trinajstić information content (AvgIpc) is 2.29. The molecule has 0 spiro atoms. The molecular weight excluding hydrogens is 302 g/mol.